The average molecular weight is 427 g/mol. The van der Waals surface area contributed by atoms with Crippen LogP contribution >= 0.6 is 23.4 Å². The van der Waals surface area contributed by atoms with Crippen molar-refractivity contribution in [3.8, 4) is 0 Å². The molecule has 0 aliphatic heterocycles. The van der Waals surface area contributed by atoms with Gasteiger partial charge in [0.2, 0.25) is 5.91 Å². The van der Waals surface area contributed by atoms with Crippen molar-refractivity contribution in [1.82, 2.24) is 20.1 Å². The maximum atomic E-state index is 12.3. The zero-order chi connectivity index (χ0) is 20.1. The summed E-state index contributed by atoms with van der Waals surface area (Å²) in [6.07, 6.45) is 3.09. The Hall–Kier alpha value is -2.31. The van der Waals surface area contributed by atoms with E-state index in [2.05, 4.69) is 32.2 Å². The second-order valence-electron chi connectivity index (χ2n) is 7.21. The van der Waals surface area contributed by atoms with Crippen molar-refractivity contribution in [2.45, 2.75) is 36.9 Å². The first-order valence-corrected chi connectivity index (χ1v) is 11.2. The number of carbonyl (C=O) groups is 1. The smallest absolute Gasteiger partial charge is 0.230 e. The summed E-state index contributed by atoms with van der Waals surface area (Å²) in [6, 6.07) is 18.0. The molecule has 0 bridgehead atoms. The number of thioether (sulfide) groups is 1. The van der Waals surface area contributed by atoms with Gasteiger partial charge in [-0.15, -0.1) is 10.2 Å². The Morgan fingerprint density at radius 2 is 1.90 bits per heavy atom. The van der Waals surface area contributed by atoms with E-state index in [1.807, 2.05) is 42.5 Å². The summed E-state index contributed by atoms with van der Waals surface area (Å²) in [5.74, 6) is 1.87. The third-order valence-electron chi connectivity index (χ3n) is 4.83. The zero-order valence-electron chi connectivity index (χ0n) is 16.1. The van der Waals surface area contributed by atoms with Crippen LogP contribution < -0.4 is 5.32 Å². The van der Waals surface area contributed by atoms with E-state index in [4.69, 9.17) is 11.6 Å². The summed E-state index contributed by atoms with van der Waals surface area (Å²) >= 11 is 7.44. The average Bonchev–Trinajstić information content (AvgIpc) is 3.49. The Balaban J connectivity index is 1.32. The van der Waals surface area contributed by atoms with E-state index in [1.54, 1.807) is 0 Å². The van der Waals surface area contributed by atoms with Crippen LogP contribution in [0.25, 0.3) is 0 Å². The van der Waals surface area contributed by atoms with Crippen molar-refractivity contribution in [2.24, 2.45) is 0 Å². The lowest BCUT2D eigenvalue weighted by Gasteiger charge is -2.10. The van der Waals surface area contributed by atoms with Crippen LogP contribution in [0, 0.1) is 0 Å². The summed E-state index contributed by atoms with van der Waals surface area (Å²) in [7, 11) is 0. The van der Waals surface area contributed by atoms with E-state index in [1.165, 1.54) is 30.2 Å². The van der Waals surface area contributed by atoms with Crippen LogP contribution in [0.15, 0.2) is 59.8 Å². The van der Waals surface area contributed by atoms with Gasteiger partial charge < -0.3 is 9.88 Å². The molecule has 4 rings (SSSR count). The topological polar surface area (TPSA) is 59.8 Å². The lowest BCUT2D eigenvalue weighted by Crippen LogP contribution is -2.27. The Morgan fingerprint density at radius 1 is 1.10 bits per heavy atom. The molecule has 150 valence electrons. The van der Waals surface area contributed by atoms with Crippen LogP contribution in [-0.4, -0.2) is 33.0 Å². The van der Waals surface area contributed by atoms with Gasteiger partial charge in [-0.05, 0) is 42.5 Å². The highest BCUT2D eigenvalue weighted by Gasteiger charge is 2.30. The van der Waals surface area contributed by atoms with Gasteiger partial charge in [0.25, 0.3) is 0 Å². The molecule has 1 aliphatic carbocycles. The summed E-state index contributed by atoms with van der Waals surface area (Å²) in [5.41, 5.74) is 2.32. The van der Waals surface area contributed by atoms with Gasteiger partial charge in [-0.3, -0.25) is 4.79 Å². The molecular formula is C22H23ClN4OS. The molecule has 1 saturated carbocycles. The number of benzene rings is 2. The van der Waals surface area contributed by atoms with E-state index < -0.39 is 0 Å². The Kier molecular flexibility index (Phi) is 6.52. The maximum Gasteiger partial charge on any atom is 0.230 e. The van der Waals surface area contributed by atoms with Gasteiger partial charge in [-0.1, -0.05) is 65.8 Å². The van der Waals surface area contributed by atoms with Gasteiger partial charge in [0.05, 0.1) is 12.3 Å². The monoisotopic (exact) mass is 426 g/mol. The Bertz CT molecular complexity index is 972. The van der Waals surface area contributed by atoms with E-state index in [9.17, 15) is 4.79 Å². The number of nitrogens with zero attached hydrogens (tertiary/aromatic N) is 3. The highest BCUT2D eigenvalue weighted by atomic mass is 35.5. The lowest BCUT2D eigenvalue weighted by molar-refractivity contribution is -0.118. The first-order valence-electron chi connectivity index (χ1n) is 9.80. The lowest BCUT2D eigenvalue weighted by atomic mass is 10.1. The minimum atomic E-state index is -0.000684. The quantitative estimate of drug-likeness (QED) is 0.518. The van der Waals surface area contributed by atoms with Crippen molar-refractivity contribution in [3.05, 3.63) is 76.6 Å². The number of rotatable bonds is 9. The molecule has 1 amide bonds. The third-order valence-corrected chi connectivity index (χ3v) is 6.03. The minimum absolute atomic E-state index is 0.000684. The Labute approximate surface area is 179 Å². The van der Waals surface area contributed by atoms with Crippen LogP contribution in [0.1, 0.15) is 35.7 Å². The molecule has 0 atom stereocenters. The molecule has 1 N–H and O–H groups in total. The van der Waals surface area contributed by atoms with Gasteiger partial charge in [0.1, 0.15) is 5.82 Å². The molecule has 7 heteroatoms. The summed E-state index contributed by atoms with van der Waals surface area (Å²) in [5, 5.41) is 13.3. The normalized spacial score (nSPS) is 13.4. The minimum Gasteiger partial charge on any atom is -0.355 e. The van der Waals surface area contributed by atoms with Crippen molar-refractivity contribution in [2.75, 3.05) is 12.3 Å². The summed E-state index contributed by atoms with van der Waals surface area (Å²) < 4.78 is 2.16. The predicted octanol–water partition coefficient (Wildman–Crippen LogP) is 4.31. The molecule has 0 unspecified atom stereocenters. The number of aromatic nitrogens is 3. The number of hydrogen-bond acceptors (Lipinski definition) is 4. The Morgan fingerprint density at radius 3 is 2.66 bits per heavy atom. The molecule has 3 aromatic rings. The van der Waals surface area contributed by atoms with Crippen molar-refractivity contribution in [1.29, 1.82) is 0 Å². The first-order chi connectivity index (χ1) is 14.2. The number of amides is 1. The largest absolute Gasteiger partial charge is 0.355 e. The second-order valence-corrected chi connectivity index (χ2v) is 8.58. The number of halogens is 1. The van der Waals surface area contributed by atoms with Gasteiger partial charge in [-0.25, -0.2) is 0 Å². The van der Waals surface area contributed by atoms with E-state index in [-0.39, 0.29) is 5.91 Å². The molecule has 1 aromatic heterocycles. The molecule has 29 heavy (non-hydrogen) atoms. The molecular weight excluding hydrogens is 404 g/mol. The maximum absolute atomic E-state index is 12.3. The summed E-state index contributed by atoms with van der Waals surface area (Å²) in [6.45, 7) is 1.32. The van der Waals surface area contributed by atoms with E-state index >= 15 is 0 Å². The van der Waals surface area contributed by atoms with Crippen molar-refractivity contribution >= 4 is 29.3 Å². The summed E-state index contributed by atoms with van der Waals surface area (Å²) in [4.78, 5) is 12.3. The first kappa shape index (κ1) is 20.0. The molecule has 0 spiro atoms. The highest BCUT2D eigenvalue weighted by Crippen LogP contribution is 2.40. The fourth-order valence-corrected chi connectivity index (χ4v) is 4.17. The zero-order valence-corrected chi connectivity index (χ0v) is 17.6. The fourth-order valence-electron chi connectivity index (χ4n) is 3.18. The standard InChI is InChI=1S/C22H23ClN4OS/c23-19-8-4-7-16(13-19)11-12-24-20(28)15-29-22-26-25-21(18-9-10-18)27(22)14-17-5-2-1-3-6-17/h1-8,13,18H,9-12,14-15H2,(H,24,28). The van der Waals surface area contributed by atoms with Crippen LogP contribution in [0.5, 0.6) is 0 Å². The molecule has 0 radical (unpaired) electrons. The van der Waals surface area contributed by atoms with Gasteiger partial charge in [0, 0.05) is 17.5 Å². The molecule has 0 saturated heterocycles. The number of hydrogen-bond donors (Lipinski definition) is 1. The van der Waals surface area contributed by atoms with E-state index in [0.717, 1.165) is 29.5 Å². The van der Waals surface area contributed by atoms with Crippen LogP contribution in [0.4, 0.5) is 0 Å². The molecule has 2 aromatic carbocycles. The SMILES string of the molecule is O=C(CSc1nnc(C2CC2)n1Cc1ccccc1)NCCc1cccc(Cl)c1. The fraction of sp³-hybridized carbons (Fsp3) is 0.318. The second kappa shape index (κ2) is 9.46. The highest BCUT2D eigenvalue weighted by molar-refractivity contribution is 7.99. The van der Waals surface area contributed by atoms with Crippen molar-refractivity contribution in [3.63, 3.8) is 0 Å². The number of carbonyl (C=O) groups excluding carboxylic acids is 1. The molecule has 1 aliphatic rings. The van der Waals surface area contributed by atoms with Crippen LogP contribution in [0.3, 0.4) is 0 Å². The van der Waals surface area contributed by atoms with Crippen LogP contribution in [-0.2, 0) is 17.8 Å². The van der Waals surface area contributed by atoms with Crippen LogP contribution in [0.2, 0.25) is 5.02 Å². The van der Waals surface area contributed by atoms with Gasteiger partial charge in [-0.2, -0.15) is 0 Å². The van der Waals surface area contributed by atoms with E-state index in [0.29, 0.717) is 23.2 Å². The predicted molar refractivity (Wildman–Crippen MR) is 116 cm³/mol. The molecule has 1 heterocycles. The van der Waals surface area contributed by atoms with Gasteiger partial charge >= 0.3 is 0 Å². The van der Waals surface area contributed by atoms with Crippen molar-refractivity contribution < 1.29 is 4.79 Å². The van der Waals surface area contributed by atoms with Gasteiger partial charge in [0.15, 0.2) is 5.16 Å². The third kappa shape index (κ3) is 5.61. The number of nitrogens with one attached hydrogen (secondary N) is 1. The molecule has 1 fully saturated rings. The molecule has 5 nitrogen and oxygen atoms in total.